The number of rotatable bonds is 7. The summed E-state index contributed by atoms with van der Waals surface area (Å²) in [5.74, 6) is -3.11. The molecule has 1 atom stereocenters. The lowest BCUT2D eigenvalue weighted by Crippen LogP contribution is -2.49. The number of para-hydroxylation sites is 1. The Kier molecular flexibility index (Phi) is 7.23. The normalized spacial score (nSPS) is 14.0. The van der Waals surface area contributed by atoms with E-state index in [9.17, 15) is 41.0 Å². The average Bonchev–Trinajstić information content (AvgIpc) is 3.11. The van der Waals surface area contributed by atoms with Crippen molar-refractivity contribution in [3.63, 3.8) is 0 Å². The topological polar surface area (TPSA) is 87.5 Å². The Bertz CT molecular complexity index is 972. The summed E-state index contributed by atoms with van der Waals surface area (Å²) in [4.78, 5) is 28.9. The number of aromatic nitrogens is 2. The number of likely N-dealkylation sites (N-methyl/N-ethyl adjacent to an activating group) is 1. The van der Waals surface area contributed by atoms with E-state index in [0.29, 0.717) is 4.90 Å². The molecule has 1 aromatic heterocycles. The lowest BCUT2D eigenvalue weighted by Gasteiger charge is -2.31. The highest BCUT2D eigenvalue weighted by atomic mass is 19.4. The largest absolute Gasteiger partial charge is 0.425 e. The van der Waals surface area contributed by atoms with Crippen molar-refractivity contribution in [1.82, 2.24) is 14.5 Å². The minimum absolute atomic E-state index is 0.234. The quantitative estimate of drug-likeness (QED) is 0.615. The van der Waals surface area contributed by atoms with Crippen LogP contribution in [-0.4, -0.2) is 50.6 Å². The lowest BCUT2D eigenvalue weighted by molar-refractivity contribution is -0.271. The summed E-state index contributed by atoms with van der Waals surface area (Å²) >= 11 is 0. The first kappa shape index (κ1) is 25.2. The molecule has 1 unspecified atom stereocenters. The van der Waals surface area contributed by atoms with Crippen LogP contribution in [0.2, 0.25) is 0 Å². The highest BCUT2D eigenvalue weighted by Crippen LogP contribution is 2.41. The zero-order valence-corrected chi connectivity index (χ0v) is 17.0. The first-order valence-electron chi connectivity index (χ1n) is 9.21. The number of carbonyl (C=O) groups excluding carboxylic acids is 2. The third-order valence-corrected chi connectivity index (χ3v) is 4.64. The van der Waals surface area contributed by atoms with E-state index < -0.39 is 59.8 Å². The summed E-state index contributed by atoms with van der Waals surface area (Å²) in [7, 11) is 1.20. The highest BCUT2D eigenvalue weighted by Gasteiger charge is 2.59. The molecule has 2 aromatic rings. The third kappa shape index (κ3) is 5.39. The van der Waals surface area contributed by atoms with E-state index in [2.05, 4.69) is 4.98 Å². The second-order valence-electron chi connectivity index (χ2n) is 6.90. The molecule has 0 aliphatic heterocycles. The number of amides is 2. The fourth-order valence-electron chi connectivity index (χ4n) is 2.98. The number of carbonyl (C=O) groups is 2. The summed E-state index contributed by atoms with van der Waals surface area (Å²) in [6.45, 7) is 0.306. The first-order chi connectivity index (χ1) is 14.7. The van der Waals surface area contributed by atoms with Gasteiger partial charge in [0.05, 0.1) is 24.2 Å². The van der Waals surface area contributed by atoms with Crippen LogP contribution in [0.1, 0.15) is 24.7 Å². The predicted molar refractivity (Wildman–Crippen MR) is 100 cm³/mol. The van der Waals surface area contributed by atoms with Crippen LogP contribution in [0.3, 0.4) is 0 Å². The van der Waals surface area contributed by atoms with Crippen LogP contribution in [0, 0.1) is 0 Å². The number of alkyl halides is 6. The van der Waals surface area contributed by atoms with Gasteiger partial charge in [0.1, 0.15) is 0 Å². The number of nitrogens with zero attached hydrogens (tertiary/aromatic N) is 3. The van der Waals surface area contributed by atoms with Crippen LogP contribution in [0.4, 0.5) is 32.0 Å². The molecule has 2 amide bonds. The van der Waals surface area contributed by atoms with Crippen molar-refractivity contribution in [2.24, 2.45) is 7.05 Å². The molecule has 176 valence electrons. The number of imidazole rings is 1. The summed E-state index contributed by atoms with van der Waals surface area (Å²) in [6, 6.07) is 4.12. The van der Waals surface area contributed by atoms with Crippen molar-refractivity contribution < 1.29 is 41.0 Å². The van der Waals surface area contributed by atoms with Crippen molar-refractivity contribution in [3.05, 3.63) is 48.0 Å². The Labute approximate surface area is 178 Å². The van der Waals surface area contributed by atoms with Gasteiger partial charge in [-0.1, -0.05) is 12.1 Å². The van der Waals surface area contributed by atoms with E-state index in [1.54, 1.807) is 0 Å². The highest BCUT2D eigenvalue weighted by molar-refractivity contribution is 5.95. The van der Waals surface area contributed by atoms with Crippen LogP contribution >= 0.6 is 0 Å². The van der Waals surface area contributed by atoms with Crippen LogP contribution < -0.4 is 5.32 Å². The maximum atomic E-state index is 13.6. The molecule has 2 rings (SSSR count). The number of benzene rings is 1. The Morgan fingerprint density at radius 3 is 2.28 bits per heavy atom. The monoisotopic (exact) mass is 466 g/mol. The molecule has 0 fully saturated rings. The van der Waals surface area contributed by atoms with E-state index >= 15 is 0 Å². The number of halogens is 6. The van der Waals surface area contributed by atoms with Gasteiger partial charge in [0, 0.05) is 26.0 Å². The van der Waals surface area contributed by atoms with Crippen molar-refractivity contribution in [1.29, 1.82) is 0 Å². The summed E-state index contributed by atoms with van der Waals surface area (Å²) in [5.41, 5.74) is -5.31. The van der Waals surface area contributed by atoms with Gasteiger partial charge in [-0.25, -0.2) is 4.98 Å². The number of aliphatic hydroxyl groups is 1. The van der Waals surface area contributed by atoms with Crippen LogP contribution in [0.15, 0.2) is 36.7 Å². The van der Waals surface area contributed by atoms with Gasteiger partial charge in [0.15, 0.2) is 5.82 Å². The smallest absolute Gasteiger partial charge is 0.374 e. The SMILES string of the molecule is CCN(CC(=O)Nc1ccccc1C(F)(F)F)C(=O)CC(O)(c1nccn1C)C(F)(F)F. The maximum absolute atomic E-state index is 13.6. The number of aryl methyl sites for hydroxylation is 1. The van der Waals surface area contributed by atoms with Crippen molar-refractivity contribution in [2.45, 2.75) is 31.3 Å². The summed E-state index contributed by atoms with van der Waals surface area (Å²) in [6.07, 6.45) is -9.33. The molecule has 7 nitrogen and oxygen atoms in total. The first-order valence-corrected chi connectivity index (χ1v) is 9.21. The molecule has 0 saturated heterocycles. The molecule has 0 saturated carbocycles. The maximum Gasteiger partial charge on any atom is 0.425 e. The van der Waals surface area contributed by atoms with E-state index in [4.69, 9.17) is 0 Å². The number of hydrogen-bond donors (Lipinski definition) is 2. The molecule has 13 heteroatoms. The average molecular weight is 466 g/mol. The van der Waals surface area contributed by atoms with Crippen LogP contribution in [-0.2, 0) is 28.4 Å². The molecule has 1 aromatic carbocycles. The van der Waals surface area contributed by atoms with Gasteiger partial charge in [0.25, 0.3) is 0 Å². The fraction of sp³-hybridized carbons (Fsp3) is 0.421. The Morgan fingerprint density at radius 1 is 1.16 bits per heavy atom. The molecular formula is C19H20F6N4O3. The minimum atomic E-state index is -5.27. The molecule has 32 heavy (non-hydrogen) atoms. The van der Waals surface area contributed by atoms with Crippen LogP contribution in [0.25, 0.3) is 0 Å². The predicted octanol–water partition coefficient (Wildman–Crippen LogP) is 3.07. The van der Waals surface area contributed by atoms with Gasteiger partial charge in [-0.15, -0.1) is 0 Å². The molecule has 2 N–H and O–H groups in total. The van der Waals surface area contributed by atoms with Crippen molar-refractivity contribution in [2.75, 3.05) is 18.4 Å². The number of nitrogens with one attached hydrogen (secondary N) is 1. The molecule has 0 aliphatic carbocycles. The summed E-state index contributed by atoms with van der Waals surface area (Å²) in [5, 5.41) is 12.3. The van der Waals surface area contributed by atoms with E-state index in [-0.39, 0.29) is 6.54 Å². The second-order valence-corrected chi connectivity index (χ2v) is 6.90. The lowest BCUT2D eigenvalue weighted by atomic mass is 9.96. The molecule has 1 heterocycles. The molecule has 0 spiro atoms. The van der Waals surface area contributed by atoms with Gasteiger partial charge >= 0.3 is 12.4 Å². The zero-order valence-electron chi connectivity index (χ0n) is 17.0. The minimum Gasteiger partial charge on any atom is -0.374 e. The third-order valence-electron chi connectivity index (χ3n) is 4.64. The Hall–Kier alpha value is -3.09. The van der Waals surface area contributed by atoms with Gasteiger partial charge in [-0.3, -0.25) is 9.59 Å². The van der Waals surface area contributed by atoms with E-state index in [0.717, 1.165) is 35.2 Å². The van der Waals surface area contributed by atoms with Crippen molar-refractivity contribution >= 4 is 17.5 Å². The molecule has 0 aliphatic rings. The standard InChI is InChI=1S/C19H20F6N4O3/c1-3-29(11-14(30)27-13-7-5-4-6-12(13)18(20,21)22)15(31)10-17(32,19(23,24)25)16-26-8-9-28(16)2/h4-9,32H,3,10-11H2,1-2H3,(H,27,30). The van der Waals surface area contributed by atoms with Gasteiger partial charge in [0.2, 0.25) is 17.4 Å². The Morgan fingerprint density at radius 2 is 1.78 bits per heavy atom. The van der Waals surface area contributed by atoms with Gasteiger partial charge in [-0.2, -0.15) is 26.3 Å². The van der Waals surface area contributed by atoms with Gasteiger partial charge in [-0.05, 0) is 19.1 Å². The Balaban J connectivity index is 2.20. The second kappa shape index (κ2) is 9.18. The van der Waals surface area contributed by atoms with Crippen molar-refractivity contribution in [3.8, 4) is 0 Å². The fourth-order valence-corrected chi connectivity index (χ4v) is 2.98. The zero-order chi connectivity index (χ0) is 24.3. The van der Waals surface area contributed by atoms with E-state index in [1.165, 1.54) is 20.0 Å². The molecule has 0 bridgehead atoms. The number of anilines is 1. The number of hydrogen-bond acceptors (Lipinski definition) is 4. The summed E-state index contributed by atoms with van der Waals surface area (Å²) < 4.78 is 81.0. The van der Waals surface area contributed by atoms with Gasteiger partial charge < -0.3 is 19.9 Å². The molecule has 0 radical (unpaired) electrons. The van der Waals surface area contributed by atoms with Crippen LogP contribution in [0.5, 0.6) is 0 Å². The van der Waals surface area contributed by atoms with E-state index in [1.807, 2.05) is 5.32 Å². The molecular weight excluding hydrogens is 446 g/mol.